The minimum absolute atomic E-state index is 0.0934. The summed E-state index contributed by atoms with van der Waals surface area (Å²) in [6.45, 7) is 4.69. The summed E-state index contributed by atoms with van der Waals surface area (Å²) < 4.78 is 13.2. The quantitative estimate of drug-likeness (QED) is 0.888. The molecule has 25 heavy (non-hydrogen) atoms. The largest absolute Gasteiger partial charge is 0.352 e. The Morgan fingerprint density at radius 1 is 1.32 bits per heavy atom. The lowest BCUT2D eigenvalue weighted by Crippen LogP contribution is -2.52. The van der Waals surface area contributed by atoms with Gasteiger partial charge in [-0.3, -0.25) is 14.7 Å². The zero-order chi connectivity index (χ0) is 18.0. The number of H-pyrrole nitrogens is 1. The van der Waals surface area contributed by atoms with Crippen molar-refractivity contribution in [2.24, 2.45) is 0 Å². The van der Waals surface area contributed by atoms with E-state index in [-0.39, 0.29) is 17.6 Å². The van der Waals surface area contributed by atoms with E-state index < -0.39 is 6.04 Å². The number of halogens is 1. The van der Waals surface area contributed by atoms with Gasteiger partial charge in [0.05, 0.1) is 5.69 Å². The Labute approximate surface area is 145 Å². The van der Waals surface area contributed by atoms with E-state index in [4.69, 9.17) is 0 Å². The standard InChI is InChI=1S/C18H21FN4O2/c1-11-15(12(2)22-21-11)7-8-16(24)23-10-9-20-18(25)17(23)13-3-5-14(19)6-4-13/h3-6,17H,7-10H2,1-2H3,(H,20,25)(H,21,22)/t17-/m1/s1. The normalized spacial score (nSPS) is 17.5. The van der Waals surface area contributed by atoms with Crippen LogP contribution in [0, 0.1) is 19.7 Å². The van der Waals surface area contributed by atoms with E-state index in [2.05, 4.69) is 15.5 Å². The molecule has 0 radical (unpaired) electrons. The van der Waals surface area contributed by atoms with Crippen molar-refractivity contribution in [3.63, 3.8) is 0 Å². The minimum Gasteiger partial charge on any atom is -0.352 e. The van der Waals surface area contributed by atoms with Gasteiger partial charge in [-0.05, 0) is 43.5 Å². The molecule has 7 heteroatoms. The smallest absolute Gasteiger partial charge is 0.247 e. The number of carbonyl (C=O) groups excluding carboxylic acids is 2. The van der Waals surface area contributed by atoms with E-state index in [1.807, 2.05) is 13.8 Å². The van der Waals surface area contributed by atoms with Crippen molar-refractivity contribution in [2.45, 2.75) is 32.7 Å². The minimum atomic E-state index is -0.714. The zero-order valence-corrected chi connectivity index (χ0v) is 14.3. The van der Waals surface area contributed by atoms with E-state index in [0.717, 1.165) is 17.0 Å². The lowest BCUT2D eigenvalue weighted by Gasteiger charge is -2.35. The molecule has 2 aromatic rings. The molecule has 0 bridgehead atoms. The number of aromatic amines is 1. The third kappa shape index (κ3) is 3.55. The topological polar surface area (TPSA) is 78.1 Å². The lowest BCUT2D eigenvalue weighted by molar-refractivity contribution is -0.143. The number of piperazine rings is 1. The maximum atomic E-state index is 13.2. The van der Waals surface area contributed by atoms with Crippen molar-refractivity contribution in [3.05, 3.63) is 52.6 Å². The number of nitrogens with zero attached hydrogens (tertiary/aromatic N) is 2. The highest BCUT2D eigenvalue weighted by Crippen LogP contribution is 2.25. The van der Waals surface area contributed by atoms with Crippen molar-refractivity contribution in [3.8, 4) is 0 Å². The number of nitrogens with one attached hydrogen (secondary N) is 2. The highest BCUT2D eigenvalue weighted by Gasteiger charge is 2.34. The van der Waals surface area contributed by atoms with Gasteiger partial charge < -0.3 is 10.2 Å². The van der Waals surface area contributed by atoms with Crippen LogP contribution < -0.4 is 5.32 Å². The van der Waals surface area contributed by atoms with Gasteiger partial charge in [-0.15, -0.1) is 0 Å². The first-order chi connectivity index (χ1) is 12.0. The van der Waals surface area contributed by atoms with Gasteiger partial charge in [0.1, 0.15) is 11.9 Å². The number of amides is 2. The summed E-state index contributed by atoms with van der Waals surface area (Å²) in [5.74, 6) is -0.699. The molecule has 1 fully saturated rings. The third-order valence-corrected chi connectivity index (χ3v) is 4.59. The van der Waals surface area contributed by atoms with E-state index in [1.165, 1.54) is 12.1 Å². The molecule has 1 aromatic carbocycles. The Bertz CT molecular complexity index is 765. The first-order valence-corrected chi connectivity index (χ1v) is 8.30. The molecule has 6 nitrogen and oxygen atoms in total. The van der Waals surface area contributed by atoms with Crippen molar-refractivity contribution < 1.29 is 14.0 Å². The first kappa shape index (κ1) is 17.1. The third-order valence-electron chi connectivity index (χ3n) is 4.59. The van der Waals surface area contributed by atoms with E-state index in [0.29, 0.717) is 31.5 Å². The summed E-state index contributed by atoms with van der Waals surface area (Å²) >= 11 is 0. The molecule has 1 aromatic heterocycles. The second kappa shape index (κ2) is 7.04. The molecule has 2 N–H and O–H groups in total. The van der Waals surface area contributed by atoms with Crippen LogP contribution in [0.3, 0.4) is 0 Å². The number of benzene rings is 1. The fraction of sp³-hybridized carbons (Fsp3) is 0.389. The molecule has 0 spiro atoms. The van der Waals surface area contributed by atoms with Gasteiger partial charge >= 0.3 is 0 Å². The maximum absolute atomic E-state index is 13.2. The van der Waals surface area contributed by atoms with Gasteiger partial charge in [-0.1, -0.05) is 12.1 Å². The SMILES string of the molecule is Cc1n[nH]c(C)c1CCC(=O)N1CCNC(=O)[C@H]1c1ccc(F)cc1. The molecule has 1 aliphatic heterocycles. The second-order valence-electron chi connectivity index (χ2n) is 6.24. The molecule has 0 saturated carbocycles. The first-order valence-electron chi connectivity index (χ1n) is 8.30. The van der Waals surface area contributed by atoms with Gasteiger partial charge in [0.25, 0.3) is 0 Å². The summed E-state index contributed by atoms with van der Waals surface area (Å²) in [7, 11) is 0. The van der Waals surface area contributed by atoms with Gasteiger partial charge in [-0.2, -0.15) is 5.10 Å². The number of hydrogen-bond donors (Lipinski definition) is 2. The monoisotopic (exact) mass is 344 g/mol. The lowest BCUT2D eigenvalue weighted by atomic mass is 10.0. The van der Waals surface area contributed by atoms with Crippen LogP contribution in [0.5, 0.6) is 0 Å². The zero-order valence-electron chi connectivity index (χ0n) is 14.3. The number of rotatable bonds is 4. The molecule has 2 heterocycles. The van der Waals surface area contributed by atoms with Crippen LogP contribution in [-0.2, 0) is 16.0 Å². The molecular weight excluding hydrogens is 323 g/mol. The summed E-state index contributed by atoms with van der Waals surface area (Å²) in [6.07, 6.45) is 0.868. The van der Waals surface area contributed by atoms with E-state index in [9.17, 15) is 14.0 Å². The molecular formula is C18H21FN4O2. The maximum Gasteiger partial charge on any atom is 0.247 e. The highest BCUT2D eigenvalue weighted by molar-refractivity contribution is 5.89. The van der Waals surface area contributed by atoms with Crippen LogP contribution >= 0.6 is 0 Å². The molecule has 0 unspecified atom stereocenters. The van der Waals surface area contributed by atoms with Gasteiger partial charge in [-0.25, -0.2) is 4.39 Å². The Hall–Kier alpha value is -2.70. The van der Waals surface area contributed by atoms with Crippen molar-refractivity contribution in [1.82, 2.24) is 20.4 Å². The molecule has 0 aliphatic carbocycles. The Balaban J connectivity index is 1.76. The Morgan fingerprint density at radius 3 is 2.68 bits per heavy atom. The van der Waals surface area contributed by atoms with E-state index in [1.54, 1.807) is 17.0 Å². The van der Waals surface area contributed by atoms with Crippen LogP contribution in [0.25, 0.3) is 0 Å². The van der Waals surface area contributed by atoms with Gasteiger partial charge in [0.2, 0.25) is 11.8 Å². The summed E-state index contributed by atoms with van der Waals surface area (Å²) in [5.41, 5.74) is 3.49. The number of hydrogen-bond acceptors (Lipinski definition) is 3. The second-order valence-corrected chi connectivity index (χ2v) is 6.24. The van der Waals surface area contributed by atoms with Crippen LogP contribution in [0.15, 0.2) is 24.3 Å². The van der Waals surface area contributed by atoms with Gasteiger partial charge in [0, 0.05) is 25.2 Å². The Morgan fingerprint density at radius 2 is 2.04 bits per heavy atom. The fourth-order valence-corrected chi connectivity index (χ4v) is 3.23. The predicted octanol–water partition coefficient (Wildman–Crippen LogP) is 1.80. The summed E-state index contributed by atoms with van der Waals surface area (Å²) in [6, 6.07) is 5.00. The van der Waals surface area contributed by atoms with Gasteiger partial charge in [0.15, 0.2) is 0 Å². The van der Waals surface area contributed by atoms with Crippen molar-refractivity contribution >= 4 is 11.8 Å². The van der Waals surface area contributed by atoms with Crippen LogP contribution in [0.4, 0.5) is 4.39 Å². The average molecular weight is 344 g/mol. The summed E-state index contributed by atoms with van der Waals surface area (Å²) in [5, 5.41) is 9.83. The molecule has 2 amide bonds. The molecule has 1 atom stereocenters. The molecule has 1 saturated heterocycles. The van der Waals surface area contributed by atoms with Crippen LogP contribution in [-0.4, -0.2) is 40.0 Å². The predicted molar refractivity (Wildman–Crippen MR) is 90.2 cm³/mol. The van der Waals surface area contributed by atoms with Crippen molar-refractivity contribution in [2.75, 3.05) is 13.1 Å². The van der Waals surface area contributed by atoms with E-state index >= 15 is 0 Å². The average Bonchev–Trinajstić information content (AvgIpc) is 2.92. The fourth-order valence-electron chi connectivity index (χ4n) is 3.23. The highest BCUT2D eigenvalue weighted by atomic mass is 19.1. The molecule has 132 valence electrons. The number of aryl methyl sites for hydroxylation is 2. The number of aromatic nitrogens is 2. The molecule has 1 aliphatic rings. The number of carbonyl (C=O) groups is 2. The van der Waals surface area contributed by atoms with Crippen LogP contribution in [0.2, 0.25) is 0 Å². The summed E-state index contributed by atoms with van der Waals surface area (Å²) in [4.78, 5) is 26.7. The van der Waals surface area contributed by atoms with Crippen molar-refractivity contribution in [1.29, 1.82) is 0 Å². The molecule has 3 rings (SSSR count). The Kier molecular flexibility index (Phi) is 4.83. The van der Waals surface area contributed by atoms with Crippen LogP contribution in [0.1, 0.15) is 35.0 Å².